The quantitative estimate of drug-likeness (QED) is 0.374. The molecule has 0 aliphatic carbocycles. The maximum atomic E-state index is 14.7. The van der Waals surface area contributed by atoms with Gasteiger partial charge in [-0.15, -0.1) is 24.9 Å². The monoisotopic (exact) mass is 589 g/mol. The molecule has 3 aliphatic rings. The normalized spacial score (nSPS) is 27.5. The number of methoxy groups -OCH3 is 1. The molecule has 1 N–H and O–H groups in total. The first-order valence-electron chi connectivity index (χ1n) is 14.5. The molecular weight excluding hydrogens is 550 g/mol. The number of amides is 3. The van der Waals surface area contributed by atoms with Gasteiger partial charge in [-0.3, -0.25) is 14.4 Å². The van der Waals surface area contributed by atoms with Gasteiger partial charge < -0.3 is 24.5 Å². The average Bonchev–Trinajstić information content (AvgIpc) is 3.60. The largest absolute Gasteiger partial charge is 0.497 e. The first-order valence-corrected chi connectivity index (χ1v) is 15.3. The van der Waals surface area contributed by atoms with E-state index in [0.717, 1.165) is 12.1 Å². The minimum Gasteiger partial charge on any atom is -0.497 e. The number of rotatable bonds is 12. The Morgan fingerprint density at radius 1 is 1.05 bits per heavy atom. The van der Waals surface area contributed by atoms with Gasteiger partial charge in [0.1, 0.15) is 11.8 Å². The standard InChI is InChI=1S/C33H39N3O5S/c1-5-17-34(23-11-8-7-9-12-23)30(38)27-26-21-22(3)33(42-26)28(27)31(39)36(19-10-20-37)29(33)32(40)35(18-6-2)24-13-15-25(41-4)16-14-24/h5-9,11-16,22,26-29,37H,1-2,10,17-21H2,3-4H3/t22?,26-,27+,28+,29?,33?/m1/s1. The first kappa shape index (κ1) is 29.9. The fraction of sp³-hybridized carbons (Fsp3) is 0.424. The van der Waals surface area contributed by atoms with Crippen LogP contribution in [-0.2, 0) is 14.4 Å². The Morgan fingerprint density at radius 2 is 1.67 bits per heavy atom. The maximum absolute atomic E-state index is 14.7. The maximum Gasteiger partial charge on any atom is 0.251 e. The van der Waals surface area contributed by atoms with E-state index in [2.05, 4.69) is 20.1 Å². The molecule has 2 bridgehead atoms. The van der Waals surface area contributed by atoms with Crippen LogP contribution in [0.25, 0.3) is 0 Å². The molecule has 3 amide bonds. The van der Waals surface area contributed by atoms with Gasteiger partial charge in [0, 0.05) is 42.9 Å². The summed E-state index contributed by atoms with van der Waals surface area (Å²) in [7, 11) is 1.59. The lowest BCUT2D eigenvalue weighted by Crippen LogP contribution is -2.57. The summed E-state index contributed by atoms with van der Waals surface area (Å²) in [6, 6.07) is 15.9. The molecule has 6 atom stereocenters. The van der Waals surface area contributed by atoms with Gasteiger partial charge >= 0.3 is 0 Å². The Balaban J connectivity index is 1.57. The van der Waals surface area contributed by atoms with Crippen LogP contribution in [-0.4, -0.2) is 77.1 Å². The number of likely N-dealkylation sites (tertiary alicyclic amines) is 1. The Kier molecular flexibility index (Phi) is 8.80. The van der Waals surface area contributed by atoms with E-state index < -0.39 is 22.6 Å². The molecule has 3 saturated heterocycles. The number of aliphatic hydroxyl groups excluding tert-OH is 1. The molecule has 9 heteroatoms. The summed E-state index contributed by atoms with van der Waals surface area (Å²) in [5, 5.41) is 9.63. The van der Waals surface area contributed by atoms with Crippen LogP contribution in [0.5, 0.6) is 5.75 Å². The van der Waals surface area contributed by atoms with Gasteiger partial charge in [0.25, 0.3) is 5.91 Å². The van der Waals surface area contributed by atoms with Gasteiger partial charge in [0.2, 0.25) is 11.8 Å². The zero-order valence-corrected chi connectivity index (χ0v) is 25.0. The van der Waals surface area contributed by atoms with Gasteiger partial charge in [-0.2, -0.15) is 0 Å². The van der Waals surface area contributed by atoms with E-state index >= 15 is 0 Å². The molecule has 8 nitrogen and oxygen atoms in total. The second-order valence-corrected chi connectivity index (χ2v) is 12.7. The second kappa shape index (κ2) is 12.4. The number of aliphatic hydroxyl groups is 1. The van der Waals surface area contributed by atoms with Gasteiger partial charge in [-0.25, -0.2) is 0 Å². The van der Waals surface area contributed by atoms with Crippen LogP contribution < -0.4 is 14.5 Å². The minimum atomic E-state index is -0.781. The molecule has 222 valence electrons. The summed E-state index contributed by atoms with van der Waals surface area (Å²) in [6.07, 6.45) is 4.45. The highest BCUT2D eigenvalue weighted by Gasteiger charge is 2.76. The van der Waals surface area contributed by atoms with Crippen molar-refractivity contribution in [3.05, 3.63) is 79.9 Å². The summed E-state index contributed by atoms with van der Waals surface area (Å²) >= 11 is 1.65. The van der Waals surface area contributed by atoms with Crippen LogP contribution in [0.4, 0.5) is 11.4 Å². The SMILES string of the molecule is C=CCN(C(=O)C1N(CCCO)C(=O)[C@@H]2[C@@H](C(=O)N(CC=C)c3ccccc3)[C@H]3CC(C)C12S3)c1ccc(OC)cc1. The van der Waals surface area contributed by atoms with E-state index in [1.165, 1.54) is 0 Å². The predicted molar refractivity (Wildman–Crippen MR) is 167 cm³/mol. The first-order chi connectivity index (χ1) is 20.3. The molecule has 2 aromatic rings. The van der Waals surface area contributed by atoms with E-state index in [4.69, 9.17) is 4.74 Å². The Hall–Kier alpha value is -3.56. The molecule has 3 unspecified atom stereocenters. The highest BCUT2D eigenvalue weighted by Crippen LogP contribution is 2.69. The number of hydrogen-bond donors (Lipinski definition) is 1. The number of anilines is 2. The molecule has 0 saturated carbocycles. The third kappa shape index (κ3) is 4.82. The summed E-state index contributed by atoms with van der Waals surface area (Å²) in [6.45, 7) is 10.6. The Bertz CT molecular complexity index is 1330. The van der Waals surface area contributed by atoms with Crippen molar-refractivity contribution in [1.29, 1.82) is 0 Å². The number of ether oxygens (including phenoxy) is 1. The fourth-order valence-electron chi connectivity index (χ4n) is 7.16. The third-order valence-electron chi connectivity index (χ3n) is 8.93. The molecule has 2 aromatic carbocycles. The van der Waals surface area contributed by atoms with Gasteiger partial charge in [-0.1, -0.05) is 37.3 Å². The number of para-hydroxylation sites is 1. The highest BCUT2D eigenvalue weighted by molar-refractivity contribution is 8.02. The summed E-state index contributed by atoms with van der Waals surface area (Å²) in [4.78, 5) is 48.5. The Labute approximate surface area is 252 Å². The van der Waals surface area contributed by atoms with E-state index in [1.54, 1.807) is 57.9 Å². The molecule has 0 radical (unpaired) electrons. The van der Waals surface area contributed by atoms with Crippen molar-refractivity contribution in [1.82, 2.24) is 4.90 Å². The zero-order valence-electron chi connectivity index (χ0n) is 24.2. The molecular formula is C33H39N3O5S. The zero-order chi connectivity index (χ0) is 30.0. The lowest BCUT2D eigenvalue weighted by Gasteiger charge is -2.41. The molecule has 3 aliphatic heterocycles. The number of hydrogen-bond acceptors (Lipinski definition) is 6. The van der Waals surface area contributed by atoms with Crippen molar-refractivity contribution in [2.75, 3.05) is 43.2 Å². The fourth-order valence-corrected chi connectivity index (χ4v) is 9.57. The number of benzene rings is 2. The second-order valence-electron chi connectivity index (χ2n) is 11.2. The molecule has 3 heterocycles. The Morgan fingerprint density at radius 3 is 2.26 bits per heavy atom. The predicted octanol–water partition coefficient (Wildman–Crippen LogP) is 4.15. The third-order valence-corrected chi connectivity index (χ3v) is 11.0. The van der Waals surface area contributed by atoms with Crippen molar-refractivity contribution in [2.24, 2.45) is 17.8 Å². The molecule has 5 rings (SSSR count). The van der Waals surface area contributed by atoms with Crippen LogP contribution in [0.3, 0.4) is 0 Å². The van der Waals surface area contributed by atoms with E-state index in [0.29, 0.717) is 24.4 Å². The topological polar surface area (TPSA) is 90.4 Å². The summed E-state index contributed by atoms with van der Waals surface area (Å²) in [5.74, 6) is -0.999. The number of carbonyl (C=O) groups excluding carboxylic acids is 3. The lowest BCUT2D eigenvalue weighted by molar-refractivity contribution is -0.139. The summed E-state index contributed by atoms with van der Waals surface area (Å²) in [5.41, 5.74) is 1.43. The summed E-state index contributed by atoms with van der Waals surface area (Å²) < 4.78 is 4.54. The lowest BCUT2D eigenvalue weighted by atomic mass is 9.65. The van der Waals surface area contributed by atoms with Crippen LogP contribution in [0.15, 0.2) is 79.9 Å². The highest BCUT2D eigenvalue weighted by atomic mass is 32.2. The number of thioether (sulfide) groups is 1. The van der Waals surface area contributed by atoms with Gasteiger partial charge in [0.05, 0.1) is 23.7 Å². The minimum absolute atomic E-state index is 0.0320. The van der Waals surface area contributed by atoms with Crippen LogP contribution >= 0.6 is 11.8 Å². The number of nitrogens with zero attached hydrogens (tertiary/aromatic N) is 3. The average molecular weight is 590 g/mol. The van der Waals surface area contributed by atoms with Gasteiger partial charge in [-0.05, 0) is 55.2 Å². The van der Waals surface area contributed by atoms with Crippen LogP contribution in [0, 0.1) is 17.8 Å². The van der Waals surface area contributed by atoms with Crippen molar-refractivity contribution in [2.45, 2.75) is 35.8 Å². The molecule has 3 fully saturated rings. The van der Waals surface area contributed by atoms with E-state index in [1.807, 2.05) is 42.5 Å². The van der Waals surface area contributed by atoms with Crippen molar-refractivity contribution >= 4 is 40.9 Å². The van der Waals surface area contributed by atoms with E-state index in [-0.39, 0.29) is 48.6 Å². The number of carbonyl (C=O) groups is 3. The molecule has 1 spiro atoms. The number of fused-ring (bicyclic) bond motifs is 1. The van der Waals surface area contributed by atoms with E-state index in [9.17, 15) is 19.5 Å². The van der Waals surface area contributed by atoms with Crippen molar-refractivity contribution in [3.63, 3.8) is 0 Å². The van der Waals surface area contributed by atoms with Gasteiger partial charge in [0.15, 0.2) is 0 Å². The molecule has 42 heavy (non-hydrogen) atoms. The van der Waals surface area contributed by atoms with Crippen LogP contribution in [0.1, 0.15) is 19.8 Å². The van der Waals surface area contributed by atoms with Crippen molar-refractivity contribution in [3.8, 4) is 5.75 Å². The smallest absolute Gasteiger partial charge is 0.251 e. The van der Waals surface area contributed by atoms with Crippen LogP contribution in [0.2, 0.25) is 0 Å². The van der Waals surface area contributed by atoms with Crippen molar-refractivity contribution < 1.29 is 24.2 Å². The molecule has 0 aromatic heterocycles.